The first-order valence-electron chi connectivity index (χ1n) is 6.40. The van der Waals surface area contributed by atoms with Crippen molar-refractivity contribution in [1.29, 1.82) is 0 Å². The quantitative estimate of drug-likeness (QED) is 0.710. The highest BCUT2D eigenvalue weighted by Crippen LogP contribution is 2.19. The topological polar surface area (TPSA) is 43.8 Å². The van der Waals surface area contributed by atoms with Crippen LogP contribution in [-0.2, 0) is 6.54 Å². The Kier molecular flexibility index (Phi) is 2.75. The molecule has 0 saturated carbocycles. The van der Waals surface area contributed by atoms with Gasteiger partial charge in [-0.3, -0.25) is 0 Å². The summed E-state index contributed by atoms with van der Waals surface area (Å²) in [4.78, 5) is 4.47. The molecule has 0 aliphatic carbocycles. The summed E-state index contributed by atoms with van der Waals surface area (Å²) in [5.41, 5.74) is 12.6. The van der Waals surface area contributed by atoms with E-state index in [4.69, 9.17) is 5.73 Å². The van der Waals surface area contributed by atoms with Crippen molar-refractivity contribution < 1.29 is 0 Å². The molecule has 19 heavy (non-hydrogen) atoms. The van der Waals surface area contributed by atoms with Crippen LogP contribution in [0, 0.1) is 13.8 Å². The molecule has 0 amide bonds. The third kappa shape index (κ3) is 2.19. The third-order valence-electron chi connectivity index (χ3n) is 3.54. The molecule has 0 radical (unpaired) electrons. The van der Waals surface area contributed by atoms with Gasteiger partial charge in [0.15, 0.2) is 0 Å². The van der Waals surface area contributed by atoms with Crippen LogP contribution in [0.15, 0.2) is 42.7 Å². The second kappa shape index (κ2) is 4.43. The third-order valence-corrected chi connectivity index (χ3v) is 3.54. The van der Waals surface area contributed by atoms with E-state index in [0.717, 1.165) is 17.7 Å². The molecule has 2 aromatic carbocycles. The van der Waals surface area contributed by atoms with E-state index in [-0.39, 0.29) is 0 Å². The number of aromatic nitrogens is 2. The molecule has 0 bridgehead atoms. The van der Waals surface area contributed by atoms with Gasteiger partial charge < -0.3 is 10.3 Å². The van der Waals surface area contributed by atoms with Crippen molar-refractivity contribution in [2.24, 2.45) is 0 Å². The van der Waals surface area contributed by atoms with Crippen molar-refractivity contribution in [1.82, 2.24) is 9.55 Å². The average Bonchev–Trinajstić information content (AvgIpc) is 2.73. The first kappa shape index (κ1) is 11.8. The van der Waals surface area contributed by atoms with Gasteiger partial charge in [-0.25, -0.2) is 4.98 Å². The molecule has 1 heterocycles. The van der Waals surface area contributed by atoms with E-state index in [1.807, 2.05) is 24.5 Å². The van der Waals surface area contributed by atoms with E-state index >= 15 is 0 Å². The fraction of sp³-hybridized carbons (Fsp3) is 0.188. The zero-order valence-corrected chi connectivity index (χ0v) is 11.2. The molecule has 1 aromatic heterocycles. The van der Waals surface area contributed by atoms with E-state index in [9.17, 15) is 0 Å². The van der Waals surface area contributed by atoms with Gasteiger partial charge in [-0.05, 0) is 54.8 Å². The molecule has 3 nitrogen and oxygen atoms in total. The Morgan fingerprint density at radius 1 is 1.11 bits per heavy atom. The van der Waals surface area contributed by atoms with Gasteiger partial charge in [-0.2, -0.15) is 0 Å². The summed E-state index contributed by atoms with van der Waals surface area (Å²) in [5.74, 6) is 0. The highest BCUT2D eigenvalue weighted by atomic mass is 15.0. The molecule has 3 rings (SSSR count). The minimum Gasteiger partial charge on any atom is -0.399 e. The van der Waals surface area contributed by atoms with E-state index in [1.165, 1.54) is 22.2 Å². The van der Waals surface area contributed by atoms with Crippen LogP contribution in [0.4, 0.5) is 5.69 Å². The minimum absolute atomic E-state index is 0.796. The van der Waals surface area contributed by atoms with Crippen LogP contribution >= 0.6 is 0 Å². The van der Waals surface area contributed by atoms with Crippen molar-refractivity contribution in [2.45, 2.75) is 20.4 Å². The molecule has 3 heteroatoms. The average molecular weight is 251 g/mol. The lowest BCUT2D eigenvalue weighted by molar-refractivity contribution is 0.824. The minimum atomic E-state index is 0.796. The van der Waals surface area contributed by atoms with Crippen LogP contribution in [0.1, 0.15) is 16.7 Å². The van der Waals surface area contributed by atoms with Gasteiger partial charge in [-0.15, -0.1) is 0 Å². The summed E-state index contributed by atoms with van der Waals surface area (Å²) in [6.07, 6.45) is 1.90. The number of benzene rings is 2. The summed E-state index contributed by atoms with van der Waals surface area (Å²) in [7, 11) is 0. The molecule has 2 N–H and O–H groups in total. The predicted molar refractivity (Wildman–Crippen MR) is 79.2 cm³/mol. The van der Waals surface area contributed by atoms with Gasteiger partial charge >= 0.3 is 0 Å². The summed E-state index contributed by atoms with van der Waals surface area (Å²) >= 11 is 0. The Labute approximate surface area is 112 Å². The highest BCUT2D eigenvalue weighted by Gasteiger charge is 2.05. The number of rotatable bonds is 2. The smallest absolute Gasteiger partial charge is 0.0961 e. The first-order valence-corrected chi connectivity index (χ1v) is 6.40. The van der Waals surface area contributed by atoms with E-state index in [2.05, 4.69) is 41.6 Å². The van der Waals surface area contributed by atoms with Gasteiger partial charge in [0.1, 0.15) is 0 Å². The molecule has 0 aliphatic rings. The van der Waals surface area contributed by atoms with E-state index < -0.39 is 0 Å². The van der Waals surface area contributed by atoms with Crippen LogP contribution in [0.25, 0.3) is 11.0 Å². The van der Waals surface area contributed by atoms with Crippen molar-refractivity contribution in [3.05, 3.63) is 59.4 Å². The lowest BCUT2D eigenvalue weighted by atomic mass is 10.1. The van der Waals surface area contributed by atoms with Gasteiger partial charge in [0.25, 0.3) is 0 Å². The standard InChI is InChI=1S/C16H17N3/c1-11-6-15-16(7-12(11)2)19(10-18-15)9-13-4-3-5-14(17)8-13/h3-8,10H,9,17H2,1-2H3. The van der Waals surface area contributed by atoms with Gasteiger partial charge in [0, 0.05) is 12.2 Å². The number of hydrogen-bond acceptors (Lipinski definition) is 2. The summed E-state index contributed by atoms with van der Waals surface area (Å²) in [5, 5.41) is 0. The normalized spacial score (nSPS) is 11.1. The van der Waals surface area contributed by atoms with Crippen LogP contribution in [0.2, 0.25) is 0 Å². The molecular weight excluding hydrogens is 234 g/mol. The second-order valence-electron chi connectivity index (χ2n) is 5.04. The number of fused-ring (bicyclic) bond motifs is 1. The summed E-state index contributed by atoms with van der Waals surface area (Å²) < 4.78 is 2.16. The second-order valence-corrected chi connectivity index (χ2v) is 5.04. The van der Waals surface area contributed by atoms with Crippen molar-refractivity contribution in [3.63, 3.8) is 0 Å². The molecule has 3 aromatic rings. The lowest BCUT2D eigenvalue weighted by Gasteiger charge is -2.07. The maximum Gasteiger partial charge on any atom is 0.0961 e. The zero-order valence-electron chi connectivity index (χ0n) is 11.2. The number of nitrogen functional groups attached to an aromatic ring is 1. The van der Waals surface area contributed by atoms with Crippen molar-refractivity contribution in [2.75, 3.05) is 5.73 Å². The van der Waals surface area contributed by atoms with E-state index in [0.29, 0.717) is 0 Å². The number of nitrogens with zero attached hydrogens (tertiary/aromatic N) is 2. The highest BCUT2D eigenvalue weighted by molar-refractivity contribution is 5.77. The zero-order chi connectivity index (χ0) is 13.4. The maximum absolute atomic E-state index is 5.82. The van der Waals surface area contributed by atoms with E-state index in [1.54, 1.807) is 0 Å². The van der Waals surface area contributed by atoms with Crippen molar-refractivity contribution >= 4 is 16.7 Å². The number of imidazole rings is 1. The Hall–Kier alpha value is -2.29. The van der Waals surface area contributed by atoms with Crippen LogP contribution < -0.4 is 5.73 Å². The fourth-order valence-electron chi connectivity index (χ4n) is 2.33. The van der Waals surface area contributed by atoms with Gasteiger partial charge in [0.05, 0.1) is 17.4 Å². The molecule has 0 spiro atoms. The Bertz CT molecular complexity index is 741. The van der Waals surface area contributed by atoms with Crippen molar-refractivity contribution in [3.8, 4) is 0 Å². The predicted octanol–water partition coefficient (Wildman–Crippen LogP) is 3.28. The Morgan fingerprint density at radius 2 is 1.89 bits per heavy atom. The monoisotopic (exact) mass is 251 g/mol. The molecule has 96 valence electrons. The molecule has 0 fully saturated rings. The van der Waals surface area contributed by atoms with Crippen LogP contribution in [-0.4, -0.2) is 9.55 Å². The SMILES string of the molecule is Cc1cc2ncn(Cc3cccc(N)c3)c2cc1C. The molecule has 0 atom stereocenters. The lowest BCUT2D eigenvalue weighted by Crippen LogP contribution is -1.99. The molecule has 0 saturated heterocycles. The Balaban J connectivity index is 2.04. The van der Waals surface area contributed by atoms with Gasteiger partial charge in [-0.1, -0.05) is 12.1 Å². The largest absolute Gasteiger partial charge is 0.399 e. The summed E-state index contributed by atoms with van der Waals surface area (Å²) in [6.45, 7) is 5.04. The molecular formula is C16H17N3. The first-order chi connectivity index (χ1) is 9.13. The van der Waals surface area contributed by atoms with Crippen LogP contribution in [0.5, 0.6) is 0 Å². The maximum atomic E-state index is 5.82. The number of anilines is 1. The van der Waals surface area contributed by atoms with Crippen LogP contribution in [0.3, 0.4) is 0 Å². The number of aryl methyl sites for hydroxylation is 2. The molecule has 0 unspecified atom stereocenters. The fourth-order valence-corrected chi connectivity index (χ4v) is 2.33. The summed E-state index contributed by atoms with van der Waals surface area (Å²) in [6, 6.07) is 12.3. The molecule has 0 aliphatic heterocycles. The van der Waals surface area contributed by atoms with Gasteiger partial charge in [0.2, 0.25) is 0 Å². The number of hydrogen-bond donors (Lipinski definition) is 1. The Morgan fingerprint density at radius 3 is 2.68 bits per heavy atom. The number of nitrogens with two attached hydrogens (primary N) is 1.